The van der Waals surface area contributed by atoms with E-state index >= 15 is 0 Å². The SMILES string of the molecule is O=C(c1cc2cccc(F)c2o1)c1cc(F)ccc1Br. The van der Waals surface area contributed by atoms with Crippen molar-refractivity contribution < 1.29 is 18.0 Å². The molecule has 20 heavy (non-hydrogen) atoms. The minimum absolute atomic E-state index is 0.0170. The van der Waals surface area contributed by atoms with Crippen molar-refractivity contribution in [3.05, 3.63) is 69.9 Å². The molecule has 2 nitrogen and oxygen atoms in total. The van der Waals surface area contributed by atoms with Crippen LogP contribution in [-0.2, 0) is 0 Å². The third kappa shape index (κ3) is 2.14. The Hall–Kier alpha value is -2.01. The normalized spacial score (nSPS) is 10.9. The summed E-state index contributed by atoms with van der Waals surface area (Å²) in [5, 5.41) is 0.487. The van der Waals surface area contributed by atoms with Gasteiger partial charge >= 0.3 is 0 Å². The molecule has 0 unspecified atom stereocenters. The summed E-state index contributed by atoms with van der Waals surface area (Å²) in [5.74, 6) is -1.61. The summed E-state index contributed by atoms with van der Waals surface area (Å²) in [6.07, 6.45) is 0. The molecule has 0 saturated heterocycles. The van der Waals surface area contributed by atoms with Crippen molar-refractivity contribution in [2.24, 2.45) is 0 Å². The smallest absolute Gasteiger partial charge is 0.229 e. The fourth-order valence-corrected chi connectivity index (χ4v) is 2.37. The minimum Gasteiger partial charge on any atom is -0.449 e. The van der Waals surface area contributed by atoms with Gasteiger partial charge in [-0.25, -0.2) is 8.78 Å². The Bertz CT molecular complexity index is 824. The predicted octanol–water partition coefficient (Wildman–Crippen LogP) is 4.70. The number of carbonyl (C=O) groups is 1. The quantitative estimate of drug-likeness (QED) is 0.634. The third-order valence-corrected chi connectivity index (χ3v) is 3.58. The molecular weight excluding hydrogens is 330 g/mol. The fourth-order valence-electron chi connectivity index (χ4n) is 1.94. The molecule has 0 atom stereocenters. The van der Waals surface area contributed by atoms with E-state index in [0.29, 0.717) is 9.86 Å². The van der Waals surface area contributed by atoms with Gasteiger partial charge in [0.2, 0.25) is 5.78 Å². The largest absolute Gasteiger partial charge is 0.449 e. The molecule has 0 aliphatic heterocycles. The van der Waals surface area contributed by atoms with Gasteiger partial charge in [-0.1, -0.05) is 28.1 Å². The number of halogens is 3. The van der Waals surface area contributed by atoms with Crippen LogP contribution in [0.1, 0.15) is 16.1 Å². The van der Waals surface area contributed by atoms with E-state index in [9.17, 15) is 13.6 Å². The first-order valence-electron chi connectivity index (χ1n) is 5.74. The van der Waals surface area contributed by atoms with Gasteiger partial charge in [0.1, 0.15) is 5.82 Å². The van der Waals surface area contributed by atoms with Crippen molar-refractivity contribution in [1.82, 2.24) is 0 Å². The Morgan fingerprint density at radius 3 is 2.65 bits per heavy atom. The molecule has 3 aromatic rings. The molecule has 0 bridgehead atoms. The van der Waals surface area contributed by atoms with Crippen LogP contribution in [0, 0.1) is 11.6 Å². The molecule has 3 rings (SSSR count). The highest BCUT2D eigenvalue weighted by atomic mass is 79.9. The number of rotatable bonds is 2. The summed E-state index contributed by atoms with van der Waals surface area (Å²) >= 11 is 3.18. The molecule has 5 heteroatoms. The van der Waals surface area contributed by atoms with Gasteiger partial charge in [0, 0.05) is 15.4 Å². The van der Waals surface area contributed by atoms with Gasteiger partial charge in [-0.05, 0) is 30.3 Å². The first-order chi connectivity index (χ1) is 9.56. The number of hydrogen-bond acceptors (Lipinski definition) is 2. The highest BCUT2D eigenvalue weighted by molar-refractivity contribution is 9.10. The molecule has 0 fully saturated rings. The zero-order valence-electron chi connectivity index (χ0n) is 9.99. The van der Waals surface area contributed by atoms with Crippen molar-refractivity contribution in [3.63, 3.8) is 0 Å². The maximum absolute atomic E-state index is 13.5. The van der Waals surface area contributed by atoms with Crippen LogP contribution >= 0.6 is 15.9 Å². The Kier molecular flexibility index (Phi) is 3.14. The second kappa shape index (κ2) is 4.83. The van der Waals surface area contributed by atoms with E-state index in [1.807, 2.05) is 0 Å². The molecule has 0 spiro atoms. The maximum Gasteiger partial charge on any atom is 0.229 e. The molecule has 2 aromatic carbocycles. The number of carbonyl (C=O) groups excluding carboxylic acids is 1. The predicted molar refractivity (Wildman–Crippen MR) is 73.7 cm³/mol. The zero-order chi connectivity index (χ0) is 14.3. The fraction of sp³-hybridized carbons (Fsp3) is 0. The lowest BCUT2D eigenvalue weighted by Gasteiger charge is -2.01. The van der Waals surface area contributed by atoms with Crippen LogP contribution in [0.25, 0.3) is 11.0 Å². The summed E-state index contributed by atoms with van der Waals surface area (Å²) in [7, 11) is 0. The summed E-state index contributed by atoms with van der Waals surface area (Å²) in [6, 6.07) is 9.63. The van der Waals surface area contributed by atoms with Crippen LogP contribution in [0.3, 0.4) is 0 Å². The molecule has 0 amide bonds. The van der Waals surface area contributed by atoms with Crippen LogP contribution in [0.2, 0.25) is 0 Å². The molecule has 0 radical (unpaired) electrons. The Morgan fingerprint density at radius 1 is 1.10 bits per heavy atom. The van der Waals surface area contributed by atoms with Gasteiger partial charge in [-0.3, -0.25) is 4.79 Å². The number of furan rings is 1. The molecule has 0 N–H and O–H groups in total. The molecule has 0 aliphatic rings. The van der Waals surface area contributed by atoms with E-state index in [0.717, 1.165) is 6.07 Å². The van der Waals surface area contributed by atoms with Crippen LogP contribution in [0.5, 0.6) is 0 Å². The number of fused-ring (bicyclic) bond motifs is 1. The van der Waals surface area contributed by atoms with Crippen LogP contribution in [0.15, 0.2) is 51.4 Å². The summed E-state index contributed by atoms with van der Waals surface area (Å²) in [4.78, 5) is 12.3. The summed E-state index contributed by atoms with van der Waals surface area (Å²) in [5.41, 5.74) is 0.146. The first kappa shape index (κ1) is 13.0. The highest BCUT2D eigenvalue weighted by Gasteiger charge is 2.19. The topological polar surface area (TPSA) is 30.2 Å². The second-order valence-electron chi connectivity index (χ2n) is 4.22. The van der Waals surface area contributed by atoms with E-state index in [1.54, 1.807) is 6.07 Å². The van der Waals surface area contributed by atoms with Crippen LogP contribution in [0.4, 0.5) is 8.78 Å². The van der Waals surface area contributed by atoms with Gasteiger partial charge in [-0.2, -0.15) is 0 Å². The Labute approximate surface area is 121 Å². The second-order valence-corrected chi connectivity index (χ2v) is 5.08. The number of para-hydroxylation sites is 1. The van der Waals surface area contributed by atoms with E-state index in [2.05, 4.69) is 15.9 Å². The van der Waals surface area contributed by atoms with E-state index in [-0.39, 0.29) is 16.9 Å². The third-order valence-electron chi connectivity index (χ3n) is 2.89. The van der Waals surface area contributed by atoms with Crippen molar-refractivity contribution in [1.29, 1.82) is 0 Å². The average Bonchev–Trinajstić information content (AvgIpc) is 2.86. The maximum atomic E-state index is 13.5. The Balaban J connectivity index is 2.13. The summed E-state index contributed by atoms with van der Waals surface area (Å²) < 4.78 is 32.5. The first-order valence-corrected chi connectivity index (χ1v) is 6.53. The lowest BCUT2D eigenvalue weighted by Crippen LogP contribution is -2.01. The molecule has 100 valence electrons. The molecular formula is C15H7BrF2O2. The molecule has 1 aromatic heterocycles. The highest BCUT2D eigenvalue weighted by Crippen LogP contribution is 2.26. The van der Waals surface area contributed by atoms with Gasteiger partial charge in [0.05, 0.1) is 0 Å². The van der Waals surface area contributed by atoms with Crippen molar-refractivity contribution in [2.75, 3.05) is 0 Å². The van der Waals surface area contributed by atoms with Gasteiger partial charge in [0.15, 0.2) is 17.2 Å². The lowest BCUT2D eigenvalue weighted by atomic mass is 10.1. The summed E-state index contributed by atoms with van der Waals surface area (Å²) in [6.45, 7) is 0. The monoisotopic (exact) mass is 336 g/mol. The van der Waals surface area contributed by atoms with Gasteiger partial charge in [-0.15, -0.1) is 0 Å². The number of hydrogen-bond donors (Lipinski definition) is 0. The van der Waals surface area contributed by atoms with E-state index in [1.165, 1.54) is 30.3 Å². The van der Waals surface area contributed by atoms with E-state index in [4.69, 9.17) is 4.42 Å². The molecule has 1 heterocycles. The van der Waals surface area contributed by atoms with Crippen LogP contribution in [-0.4, -0.2) is 5.78 Å². The zero-order valence-corrected chi connectivity index (χ0v) is 11.6. The average molecular weight is 337 g/mol. The number of ketones is 1. The standard InChI is InChI=1S/C15H7BrF2O2/c16-11-5-4-9(17)7-10(11)14(19)13-6-8-2-1-3-12(18)15(8)20-13/h1-7H. The molecule has 0 saturated carbocycles. The van der Waals surface area contributed by atoms with Crippen molar-refractivity contribution >= 4 is 32.7 Å². The van der Waals surface area contributed by atoms with Crippen molar-refractivity contribution in [3.8, 4) is 0 Å². The van der Waals surface area contributed by atoms with Crippen LogP contribution < -0.4 is 0 Å². The Morgan fingerprint density at radius 2 is 1.90 bits per heavy atom. The molecule has 0 aliphatic carbocycles. The van der Waals surface area contributed by atoms with E-state index < -0.39 is 17.4 Å². The minimum atomic E-state index is -0.542. The van der Waals surface area contributed by atoms with Crippen molar-refractivity contribution in [2.45, 2.75) is 0 Å². The van der Waals surface area contributed by atoms with Gasteiger partial charge in [0.25, 0.3) is 0 Å². The number of benzene rings is 2. The van der Waals surface area contributed by atoms with Gasteiger partial charge < -0.3 is 4.42 Å². The lowest BCUT2D eigenvalue weighted by molar-refractivity contribution is 0.101.